The Bertz CT molecular complexity index is 4970. The summed E-state index contributed by atoms with van der Waals surface area (Å²) >= 11 is 3.35. The van der Waals surface area contributed by atoms with Gasteiger partial charge in [-0.1, -0.05) is 25.0 Å². The Balaban J connectivity index is 0.000000189. The predicted octanol–water partition coefficient (Wildman–Crippen LogP) is 6.04. The molecule has 7 heterocycles. The Morgan fingerprint density at radius 2 is 0.858 bits per heavy atom. The molecule has 0 spiro atoms. The van der Waals surface area contributed by atoms with Crippen LogP contribution in [0.3, 0.4) is 0 Å². The van der Waals surface area contributed by atoms with Crippen LogP contribution in [0.25, 0.3) is 0 Å². The normalized spacial score (nSPS) is 24.4. The second kappa shape index (κ2) is 45.7. The maximum Gasteiger partial charge on any atom is 0.454 e. The van der Waals surface area contributed by atoms with E-state index in [0.717, 1.165) is 129 Å². The zero-order chi connectivity index (χ0) is 88.6. The number of aromatic nitrogens is 6. The maximum absolute atomic E-state index is 12.6. The van der Waals surface area contributed by atoms with Gasteiger partial charge >= 0.3 is 31.1 Å². The molecule has 0 aliphatic heterocycles. The number of halogens is 1. The topological polar surface area (TPSA) is 529 Å². The van der Waals surface area contributed by atoms with Crippen molar-refractivity contribution in [1.29, 1.82) is 0 Å². The van der Waals surface area contributed by atoms with Crippen molar-refractivity contribution in [2.24, 2.45) is 5.73 Å². The molecule has 0 aromatic carbocycles. The van der Waals surface area contributed by atoms with Gasteiger partial charge in [-0.2, -0.15) is 19.2 Å². The second-order valence-electron chi connectivity index (χ2n) is 32.3. The zero-order valence-electron chi connectivity index (χ0n) is 68.3. The van der Waals surface area contributed by atoms with E-state index in [2.05, 4.69) is 30.4 Å². The summed E-state index contributed by atoms with van der Waals surface area (Å²) in [6.45, 7) is 12.6. The van der Waals surface area contributed by atoms with E-state index < -0.39 is 31.0 Å². The largest absolute Gasteiger partial charge is 0.454 e. The first-order valence-corrected chi connectivity index (χ1v) is 40.9. The number of aliphatic hydroxyl groups is 7. The molecular formula is C84H111BBrN9O25. The van der Waals surface area contributed by atoms with E-state index in [1.165, 1.54) is 29.7 Å². The predicted molar refractivity (Wildman–Crippen MR) is 443 cm³/mol. The number of hydrogen-bond acceptors (Lipinski definition) is 27. The molecule has 36 heteroatoms. The van der Waals surface area contributed by atoms with Gasteiger partial charge in [0.2, 0.25) is 0 Å². The highest BCUT2D eigenvalue weighted by Crippen LogP contribution is 2.43. The highest BCUT2D eigenvalue weighted by Gasteiger charge is 2.38. The molecule has 10 aliphatic rings. The molecule has 14 N–H and O–H groups in total. The van der Waals surface area contributed by atoms with E-state index in [0.29, 0.717) is 41.5 Å². The fourth-order valence-corrected chi connectivity index (χ4v) is 13.8. The molecule has 0 bridgehead atoms. The number of pyridine rings is 6. The van der Waals surface area contributed by atoms with Crippen LogP contribution in [0.2, 0.25) is 5.82 Å². The summed E-state index contributed by atoms with van der Waals surface area (Å²) in [5.41, 5.74) is 14.9. The number of anilines is 2. The summed E-state index contributed by atoms with van der Waals surface area (Å²) < 4.78 is 24.7. The monoisotopic (exact) mass is 1740 g/mol. The van der Waals surface area contributed by atoms with Crippen LogP contribution in [0.4, 0.5) is 16.2 Å². The molecule has 10 aliphatic carbocycles. The molecule has 7 aromatic rings. The van der Waals surface area contributed by atoms with Gasteiger partial charge in [0.15, 0.2) is 5.75 Å². The van der Waals surface area contributed by atoms with Gasteiger partial charge in [0.25, 0.3) is 39.8 Å². The Morgan fingerprint density at radius 1 is 0.492 bits per heavy atom. The number of carbonyl (C=O) groups is 2. The van der Waals surface area contributed by atoms with Gasteiger partial charge < -0.3 is 98.6 Å². The molecule has 120 heavy (non-hydrogen) atoms. The summed E-state index contributed by atoms with van der Waals surface area (Å²) in [6, 6.07) is 18.7. The molecule has 7 aromatic heterocycles. The number of rotatable bonds is 12. The minimum Gasteiger partial charge on any atom is -0.444 e. The minimum absolute atomic E-state index is 0.00282. The van der Waals surface area contributed by atoms with Gasteiger partial charge in [0.05, 0.1) is 90.9 Å². The van der Waals surface area contributed by atoms with Crippen LogP contribution < -0.4 is 60.5 Å². The van der Waals surface area contributed by atoms with Crippen molar-refractivity contribution in [2.75, 3.05) is 11.1 Å². The van der Waals surface area contributed by atoms with Gasteiger partial charge in [-0.05, 0) is 263 Å². The van der Waals surface area contributed by atoms with Crippen LogP contribution in [-0.2, 0) is 28.7 Å². The highest BCUT2D eigenvalue weighted by atomic mass is 79.9. The van der Waals surface area contributed by atoms with E-state index in [1.54, 1.807) is 145 Å². The van der Waals surface area contributed by atoms with E-state index in [-0.39, 0.29) is 148 Å². The fraction of sp³-hybridized carbons (Fsp3) is 0.536. The van der Waals surface area contributed by atoms with Crippen molar-refractivity contribution < 1.29 is 88.5 Å². The lowest BCUT2D eigenvalue weighted by Gasteiger charge is -2.34. The molecule has 34 nitrogen and oxygen atoms in total. The molecule has 1 amide bonds. The van der Waals surface area contributed by atoms with E-state index in [4.69, 9.17) is 50.5 Å². The molecular weight excluding hydrogens is 1630 g/mol. The Kier molecular flexibility index (Phi) is 37.0. The average molecular weight is 1740 g/mol. The van der Waals surface area contributed by atoms with Crippen molar-refractivity contribution >= 4 is 59.3 Å². The lowest BCUT2D eigenvalue weighted by Crippen LogP contribution is -2.43. The molecule has 10 saturated carbocycles. The average Bonchev–Trinajstić information content (AvgIpc) is 1.51. The second-order valence-corrected chi connectivity index (χ2v) is 33.2. The number of carbonyl (C=O) groups excluding carboxylic acids is 6. The van der Waals surface area contributed by atoms with Crippen LogP contribution in [0.1, 0.15) is 231 Å². The number of aryl methyl sites for hydroxylation is 4. The third kappa shape index (κ3) is 27.8. The zero-order valence-corrected chi connectivity index (χ0v) is 69.9. The Labute approximate surface area is 700 Å². The van der Waals surface area contributed by atoms with Crippen molar-refractivity contribution in [3.8, 4) is 5.75 Å². The van der Waals surface area contributed by atoms with Gasteiger partial charge in [0, 0.05) is 69.9 Å². The Morgan fingerprint density at radius 3 is 1.18 bits per heavy atom. The number of hydrogen-bond donors (Lipinski definition) is 12. The summed E-state index contributed by atoms with van der Waals surface area (Å²) in [6.07, 6.45) is 27.4. The minimum atomic E-state index is -1.04. The number of aliphatic hydroxyl groups excluding tert-OH is 7. The van der Waals surface area contributed by atoms with Gasteiger partial charge in [-0.15, -0.1) is 0 Å². The summed E-state index contributed by atoms with van der Waals surface area (Å²) in [5, 5.41) is 84.9. The Hall–Kier alpha value is -9.91. The number of amides is 1. The van der Waals surface area contributed by atoms with Crippen LogP contribution in [0.15, 0.2) is 153 Å². The van der Waals surface area contributed by atoms with Crippen LogP contribution in [-0.4, -0.2) is 160 Å². The van der Waals surface area contributed by atoms with E-state index in [9.17, 15) is 73.8 Å². The quantitative estimate of drug-likeness (QED) is 0.0489. The third-order valence-corrected chi connectivity index (χ3v) is 22.6. The SMILES string of the molecule is CC(C)(C)OC(=O)Nc1cc(C2CC2)cn(C2CC[C@H]2O)c1=O.Cc1cc(Br)cn(C2CC[C@H]2O)c1=O.Cc1cccn(C2CC[C@H]2O)c1=O.Cc1cccn(C2CC[C@H]2O)c1=O.Cc1cccoc1=O.N[C@@H]1CC[C@H]1O.Nc1cc(C2CC2)cn(C2CC[C@H]2O)c1=O.O=C=O.O=C=O.O=COc1cccn(C2CC[C@H]2O)c1=O.OB(O)C1CC1. The third-order valence-electron chi connectivity index (χ3n) is 22.1. The van der Waals surface area contributed by atoms with Crippen LogP contribution >= 0.6 is 15.9 Å². The molecule has 10 fully saturated rings. The number of nitrogens with two attached hydrogens (primary N) is 2. The van der Waals surface area contributed by atoms with Crippen molar-refractivity contribution in [3.63, 3.8) is 0 Å². The molecule has 652 valence electrons. The number of nitrogen functional groups attached to an aromatic ring is 1. The highest BCUT2D eigenvalue weighted by molar-refractivity contribution is 9.10. The van der Waals surface area contributed by atoms with Crippen molar-refractivity contribution in [3.05, 3.63) is 221 Å². The van der Waals surface area contributed by atoms with Gasteiger partial charge in [0.1, 0.15) is 11.3 Å². The molecule has 0 radical (unpaired) electrons. The smallest absolute Gasteiger partial charge is 0.444 e. The summed E-state index contributed by atoms with van der Waals surface area (Å²) in [4.78, 5) is 136. The van der Waals surface area contributed by atoms with Crippen molar-refractivity contribution in [1.82, 2.24) is 27.4 Å². The van der Waals surface area contributed by atoms with Crippen molar-refractivity contribution in [2.45, 2.75) is 285 Å². The molecule has 6 unspecified atom stereocenters. The summed E-state index contributed by atoms with van der Waals surface area (Å²) in [5.74, 6) is 1.22. The maximum atomic E-state index is 12.6. The lowest BCUT2D eigenvalue weighted by molar-refractivity contribution is -0.193. The first kappa shape index (κ1) is 97.2. The molecule has 14 atom stereocenters. The first-order chi connectivity index (χ1) is 56.9. The van der Waals surface area contributed by atoms with Crippen LogP contribution in [0.5, 0.6) is 5.75 Å². The number of nitrogens with one attached hydrogen (secondary N) is 1. The number of nitrogens with zero attached hydrogens (tertiary/aromatic N) is 6. The standard InChI is InChI=1S/C17H24N2O4.C12H16N2O2.C10H12BrNO2.C10H11NO4.2C10H13NO2.C6H6O2.C4H9NO.C3H7BO2.2CO2/c1-17(2,3)23-16(22)18-12-8-11(10-4-5-10)9-19(15(12)21)13-6-7-14(13)20;13-9-5-8(7-1-2-7)6-14(12(9)16)10-3-4-11(10)15;1-6-4-7(11)5-12(10(6)14)8-2-3-9(8)13;12-6-15-9-2-1-5-11(10(9)14)7-3-4-8(7)13;2*1-7-3-2-6-11(10(7)13)8-4-5-9(8)12;1-5-3-2-4-8-6(5)7;5-3-1-2-4(3)6;5-4(6)3-1-2-3;2*2-1-3/h8-10,13-14,20H,4-7H2,1-3H3,(H,18,22);5-7,10-11,15H,1-4,13H2;4-5,8-9,13H,2-3H2,1H3;1-2,5-8,13H,3-4H2;2*2-3,6,8-9,12H,4-5H2,1H3;2-4H,1H3;3-4,6H,1-2,5H2;3,5-6H,1-2H2;;/t13?,14-;10?,11-;8?,9-;7?,8-;2*8?,9-;;3-,4-;;;/m111111.1.../s1. The molecule has 0 saturated heterocycles. The van der Waals surface area contributed by atoms with Crippen LogP contribution in [0, 0.1) is 27.7 Å². The van der Waals surface area contributed by atoms with E-state index >= 15 is 0 Å². The fourth-order valence-electron chi connectivity index (χ4n) is 13.2. The first-order valence-electron chi connectivity index (χ1n) is 40.1. The lowest BCUT2D eigenvalue weighted by atomic mass is 9.84. The van der Waals surface area contributed by atoms with Gasteiger partial charge in [-0.25, -0.2) is 9.59 Å². The molecule has 17 rings (SSSR count). The van der Waals surface area contributed by atoms with Gasteiger partial charge in [-0.3, -0.25) is 38.9 Å². The van der Waals surface area contributed by atoms with E-state index in [1.807, 2.05) is 24.5 Å². The number of ether oxygens (including phenoxy) is 2. The summed E-state index contributed by atoms with van der Waals surface area (Å²) in [7, 11) is -1.04.